The predicted octanol–water partition coefficient (Wildman–Crippen LogP) is 4.70. The van der Waals surface area contributed by atoms with E-state index in [2.05, 4.69) is 66.2 Å². The van der Waals surface area contributed by atoms with Crippen LogP contribution < -0.4 is 4.90 Å². The Hall–Kier alpha value is -3.14. The van der Waals surface area contributed by atoms with Gasteiger partial charge in [0.15, 0.2) is 0 Å². The van der Waals surface area contributed by atoms with Crippen molar-refractivity contribution < 1.29 is 4.79 Å². The summed E-state index contributed by atoms with van der Waals surface area (Å²) in [6.45, 7) is 6.50. The molecule has 0 N–H and O–H groups in total. The molecule has 0 radical (unpaired) electrons. The minimum atomic E-state index is 0.0755. The molecular formula is C25H27N3O. The van der Waals surface area contributed by atoms with E-state index in [9.17, 15) is 4.79 Å². The molecule has 1 aliphatic heterocycles. The Morgan fingerprint density at radius 2 is 1.76 bits per heavy atom. The molecule has 0 bridgehead atoms. The van der Waals surface area contributed by atoms with Crippen LogP contribution in [0, 0.1) is 0 Å². The average Bonchev–Trinajstić information content (AvgIpc) is 2.77. The van der Waals surface area contributed by atoms with E-state index >= 15 is 0 Å². The summed E-state index contributed by atoms with van der Waals surface area (Å²) in [7, 11) is 0. The minimum Gasteiger partial charge on any atom is -0.350 e. The standard InChI is InChI=1S/C25H27N3O/c1-19(2)28(17-20-8-4-3-5-9-20)24-16-22(12-14-26-24)25(29)27-15-13-21-10-6-7-11-23(21)18-27/h3-12,14,16,19H,13,15,17-18H2,1-2H3. The zero-order valence-electron chi connectivity index (χ0n) is 17.1. The molecule has 1 aromatic heterocycles. The third-order valence-corrected chi connectivity index (χ3v) is 5.52. The van der Waals surface area contributed by atoms with E-state index in [0.717, 1.165) is 25.3 Å². The number of aromatic nitrogens is 1. The first-order chi connectivity index (χ1) is 14.1. The first-order valence-corrected chi connectivity index (χ1v) is 10.2. The van der Waals surface area contributed by atoms with Gasteiger partial charge in [0.2, 0.25) is 0 Å². The van der Waals surface area contributed by atoms with Crippen molar-refractivity contribution in [2.24, 2.45) is 0 Å². The molecule has 3 aromatic rings. The fraction of sp³-hybridized carbons (Fsp3) is 0.280. The topological polar surface area (TPSA) is 36.4 Å². The van der Waals surface area contributed by atoms with E-state index in [4.69, 9.17) is 0 Å². The monoisotopic (exact) mass is 385 g/mol. The van der Waals surface area contributed by atoms with Crippen molar-refractivity contribution in [2.45, 2.75) is 39.4 Å². The maximum atomic E-state index is 13.2. The number of carbonyl (C=O) groups is 1. The van der Waals surface area contributed by atoms with Crippen LogP contribution in [0.2, 0.25) is 0 Å². The van der Waals surface area contributed by atoms with E-state index in [1.807, 2.05) is 29.2 Å². The van der Waals surface area contributed by atoms with Crippen molar-refractivity contribution in [2.75, 3.05) is 11.4 Å². The lowest BCUT2D eigenvalue weighted by Crippen LogP contribution is -2.36. The molecule has 2 aromatic carbocycles. The third-order valence-electron chi connectivity index (χ3n) is 5.52. The van der Waals surface area contributed by atoms with Crippen LogP contribution in [0.25, 0.3) is 0 Å². The highest BCUT2D eigenvalue weighted by Crippen LogP contribution is 2.23. The van der Waals surface area contributed by atoms with E-state index in [0.29, 0.717) is 12.1 Å². The summed E-state index contributed by atoms with van der Waals surface area (Å²) in [6, 6.07) is 22.8. The van der Waals surface area contributed by atoms with Gasteiger partial charge in [-0.25, -0.2) is 4.98 Å². The van der Waals surface area contributed by atoms with Crippen LogP contribution in [-0.4, -0.2) is 28.4 Å². The van der Waals surface area contributed by atoms with Crippen molar-refractivity contribution in [1.82, 2.24) is 9.88 Å². The number of hydrogen-bond acceptors (Lipinski definition) is 3. The minimum absolute atomic E-state index is 0.0755. The number of fused-ring (bicyclic) bond motifs is 1. The van der Waals surface area contributed by atoms with Crippen molar-refractivity contribution in [1.29, 1.82) is 0 Å². The molecule has 1 amide bonds. The largest absolute Gasteiger partial charge is 0.350 e. The molecule has 0 saturated carbocycles. The van der Waals surface area contributed by atoms with Gasteiger partial charge in [0.05, 0.1) is 0 Å². The van der Waals surface area contributed by atoms with Crippen molar-refractivity contribution in [3.05, 3.63) is 95.2 Å². The molecule has 0 unspecified atom stereocenters. The van der Waals surface area contributed by atoms with Gasteiger partial charge in [-0.15, -0.1) is 0 Å². The number of benzene rings is 2. The Morgan fingerprint density at radius 1 is 1.03 bits per heavy atom. The summed E-state index contributed by atoms with van der Waals surface area (Å²) in [5, 5.41) is 0. The molecular weight excluding hydrogens is 358 g/mol. The molecule has 2 heterocycles. The number of carbonyl (C=O) groups excluding carboxylic acids is 1. The molecule has 0 saturated heterocycles. The van der Waals surface area contributed by atoms with Crippen LogP contribution in [0.5, 0.6) is 0 Å². The third kappa shape index (κ3) is 4.32. The number of rotatable bonds is 5. The normalized spacial score (nSPS) is 13.3. The van der Waals surface area contributed by atoms with Crippen LogP contribution in [0.15, 0.2) is 72.9 Å². The number of anilines is 1. The highest BCUT2D eigenvalue weighted by Gasteiger charge is 2.23. The van der Waals surface area contributed by atoms with E-state index in [1.165, 1.54) is 16.7 Å². The van der Waals surface area contributed by atoms with Gasteiger partial charge in [-0.1, -0.05) is 54.6 Å². The molecule has 4 nitrogen and oxygen atoms in total. The van der Waals surface area contributed by atoms with Crippen LogP contribution in [0.3, 0.4) is 0 Å². The summed E-state index contributed by atoms with van der Waals surface area (Å²) in [5.41, 5.74) is 4.52. The van der Waals surface area contributed by atoms with Gasteiger partial charge in [0.25, 0.3) is 5.91 Å². The molecule has 148 valence electrons. The van der Waals surface area contributed by atoms with Crippen molar-refractivity contribution in [3.63, 3.8) is 0 Å². The van der Waals surface area contributed by atoms with Crippen molar-refractivity contribution >= 4 is 11.7 Å². The highest BCUT2D eigenvalue weighted by molar-refractivity contribution is 5.95. The molecule has 0 spiro atoms. The Labute approximate surface area is 172 Å². The lowest BCUT2D eigenvalue weighted by atomic mass is 9.99. The van der Waals surface area contributed by atoms with Gasteiger partial charge in [-0.05, 0) is 49.1 Å². The van der Waals surface area contributed by atoms with Crippen LogP contribution in [0.4, 0.5) is 5.82 Å². The van der Waals surface area contributed by atoms with Crippen molar-refractivity contribution in [3.8, 4) is 0 Å². The van der Waals surface area contributed by atoms with Gasteiger partial charge in [0, 0.05) is 37.4 Å². The lowest BCUT2D eigenvalue weighted by molar-refractivity contribution is 0.0734. The first kappa shape index (κ1) is 19.2. The summed E-state index contributed by atoms with van der Waals surface area (Å²) in [4.78, 5) is 21.9. The molecule has 0 atom stereocenters. The number of nitrogens with zero attached hydrogens (tertiary/aromatic N) is 3. The average molecular weight is 386 g/mol. The van der Waals surface area contributed by atoms with Gasteiger partial charge >= 0.3 is 0 Å². The van der Waals surface area contributed by atoms with Gasteiger partial charge in [-0.2, -0.15) is 0 Å². The van der Waals surface area contributed by atoms with E-state index < -0.39 is 0 Å². The van der Waals surface area contributed by atoms with Crippen LogP contribution >= 0.6 is 0 Å². The fourth-order valence-corrected chi connectivity index (χ4v) is 3.87. The van der Waals surface area contributed by atoms with Gasteiger partial charge < -0.3 is 9.80 Å². The molecule has 4 heteroatoms. The molecule has 1 aliphatic rings. The second-order valence-corrected chi connectivity index (χ2v) is 7.86. The van der Waals surface area contributed by atoms with Gasteiger partial charge in [-0.3, -0.25) is 4.79 Å². The number of pyridine rings is 1. The smallest absolute Gasteiger partial charge is 0.254 e. The highest BCUT2D eigenvalue weighted by atomic mass is 16.2. The quantitative estimate of drug-likeness (QED) is 0.639. The maximum absolute atomic E-state index is 13.2. The van der Waals surface area contributed by atoms with Gasteiger partial charge in [0.1, 0.15) is 5.82 Å². The van der Waals surface area contributed by atoms with Crippen LogP contribution in [0.1, 0.15) is 40.9 Å². The first-order valence-electron chi connectivity index (χ1n) is 10.2. The lowest BCUT2D eigenvalue weighted by Gasteiger charge is -2.30. The summed E-state index contributed by atoms with van der Waals surface area (Å²) in [6.07, 6.45) is 2.66. The molecule has 29 heavy (non-hydrogen) atoms. The van der Waals surface area contributed by atoms with E-state index in [-0.39, 0.29) is 11.9 Å². The van der Waals surface area contributed by atoms with Crippen LogP contribution in [-0.2, 0) is 19.5 Å². The molecule has 0 aliphatic carbocycles. The predicted molar refractivity (Wildman–Crippen MR) is 117 cm³/mol. The summed E-state index contributed by atoms with van der Waals surface area (Å²) in [5.74, 6) is 0.915. The summed E-state index contributed by atoms with van der Waals surface area (Å²) >= 11 is 0. The molecule has 4 rings (SSSR count). The summed E-state index contributed by atoms with van der Waals surface area (Å²) < 4.78 is 0. The second kappa shape index (κ2) is 8.48. The SMILES string of the molecule is CC(C)N(Cc1ccccc1)c1cc(C(=O)N2CCc3ccccc3C2)ccn1. The zero-order valence-corrected chi connectivity index (χ0v) is 17.1. The Bertz CT molecular complexity index is 984. The van der Waals surface area contributed by atoms with E-state index in [1.54, 1.807) is 6.20 Å². The Balaban J connectivity index is 1.55. The Kier molecular flexibility index (Phi) is 5.61. The number of amides is 1. The Morgan fingerprint density at radius 3 is 2.52 bits per heavy atom. The second-order valence-electron chi connectivity index (χ2n) is 7.86. The molecule has 0 fully saturated rings. The fourth-order valence-electron chi connectivity index (χ4n) is 3.87. The maximum Gasteiger partial charge on any atom is 0.254 e. The zero-order chi connectivity index (χ0) is 20.2. The number of hydrogen-bond donors (Lipinski definition) is 0.